The third-order valence-electron chi connectivity index (χ3n) is 14.5. The van der Waals surface area contributed by atoms with Gasteiger partial charge in [-0.2, -0.15) is 4.98 Å². The van der Waals surface area contributed by atoms with E-state index in [0.717, 1.165) is 74.0 Å². The lowest BCUT2D eigenvalue weighted by Gasteiger charge is -2.48. The second-order valence-corrected chi connectivity index (χ2v) is 19.1. The Morgan fingerprint density at radius 1 is 0.955 bits per heavy atom. The maximum absolute atomic E-state index is 16.6. The largest absolute Gasteiger partial charge is 0.478 e. The van der Waals surface area contributed by atoms with Gasteiger partial charge in [0.2, 0.25) is 17.8 Å². The molecule has 4 amide bonds. The number of likely N-dealkylation sites (N-methyl/N-ethyl adjacent to an activating group) is 1. The second kappa shape index (κ2) is 17.9. The van der Waals surface area contributed by atoms with E-state index >= 15 is 8.78 Å². The molecule has 7 heterocycles. The maximum atomic E-state index is 16.6. The van der Waals surface area contributed by atoms with Crippen molar-refractivity contribution < 1.29 is 32.7 Å². The number of hydrogen-bond acceptors (Lipinski definition) is 12. The number of hydrogen-bond donors (Lipinski definition) is 3. The quantitative estimate of drug-likeness (QED) is 0.170. The van der Waals surface area contributed by atoms with Crippen molar-refractivity contribution in [3.05, 3.63) is 75.5 Å². The molecule has 1 atom stereocenters. The first-order valence-corrected chi connectivity index (χ1v) is 23.1. The van der Waals surface area contributed by atoms with Gasteiger partial charge in [0.15, 0.2) is 12.4 Å². The summed E-state index contributed by atoms with van der Waals surface area (Å²) in [6.45, 7) is 9.89. The number of aryl methyl sites for hydroxylation is 1. The van der Waals surface area contributed by atoms with Crippen LogP contribution in [0.4, 0.5) is 31.9 Å². The fourth-order valence-corrected chi connectivity index (χ4v) is 10.5. The SMILES string of the molecule is CNC(=O)COc1cc2cc(Nc3nc(N4CCC5(CCN(CC6(F)CCN(c7ccc(F)c8c7C(=O)N(C7CCC(=O)NC7=O)C8)CC6)CC5)CC4)ncc3C)ccc2n(C(C)C)c1=O. The van der Waals surface area contributed by atoms with Crippen LogP contribution in [0.3, 0.4) is 0 Å². The molecule has 350 valence electrons. The summed E-state index contributed by atoms with van der Waals surface area (Å²) in [5, 5.41) is 9.04. The Bertz CT molecular complexity index is 2630. The molecule has 9 rings (SSSR count). The normalized spacial score (nSPS) is 20.8. The average Bonchev–Trinajstić information content (AvgIpc) is 3.65. The van der Waals surface area contributed by atoms with Gasteiger partial charge in [0.25, 0.3) is 17.4 Å². The molecule has 0 bridgehead atoms. The number of nitrogens with one attached hydrogen (secondary N) is 3. The average molecular weight is 909 g/mol. The van der Waals surface area contributed by atoms with Crippen LogP contribution in [0.5, 0.6) is 5.75 Å². The molecule has 1 spiro atoms. The summed E-state index contributed by atoms with van der Waals surface area (Å²) in [7, 11) is 1.52. The van der Waals surface area contributed by atoms with E-state index in [1.165, 1.54) is 18.0 Å². The minimum Gasteiger partial charge on any atom is -0.478 e. The van der Waals surface area contributed by atoms with Crippen LogP contribution in [0.15, 0.2) is 47.4 Å². The Balaban J connectivity index is 0.784. The van der Waals surface area contributed by atoms with Crippen LogP contribution in [-0.2, 0) is 20.9 Å². The lowest BCUT2D eigenvalue weighted by atomic mass is 9.71. The molecule has 0 aliphatic carbocycles. The topological polar surface area (TPSA) is 174 Å². The molecular weight excluding hydrogens is 851 g/mol. The molecule has 2 aromatic carbocycles. The lowest BCUT2D eigenvalue weighted by molar-refractivity contribution is -0.137. The van der Waals surface area contributed by atoms with Gasteiger partial charge in [-0.05, 0) is 108 Å². The molecule has 4 fully saturated rings. The molecule has 2 aromatic heterocycles. The number of likely N-dealkylation sites (tertiary alicyclic amines) is 1. The zero-order chi connectivity index (χ0) is 46.5. The Morgan fingerprint density at radius 2 is 1.67 bits per heavy atom. The molecule has 3 N–H and O–H groups in total. The summed E-state index contributed by atoms with van der Waals surface area (Å²) < 4.78 is 39.0. The number of halogens is 2. The summed E-state index contributed by atoms with van der Waals surface area (Å²) in [4.78, 5) is 80.7. The molecule has 4 saturated heterocycles. The van der Waals surface area contributed by atoms with Gasteiger partial charge >= 0.3 is 0 Å². The van der Waals surface area contributed by atoms with Crippen molar-refractivity contribution >= 4 is 57.7 Å². The van der Waals surface area contributed by atoms with Crippen LogP contribution in [0, 0.1) is 18.2 Å². The van der Waals surface area contributed by atoms with Gasteiger partial charge in [-0.1, -0.05) is 0 Å². The van der Waals surface area contributed by atoms with Crippen molar-refractivity contribution in [1.82, 2.24) is 35.0 Å². The number of imide groups is 1. The summed E-state index contributed by atoms with van der Waals surface area (Å²) in [6, 6.07) is 9.38. The molecule has 0 radical (unpaired) electrons. The Hall–Kier alpha value is -6.17. The Morgan fingerprint density at radius 3 is 2.36 bits per heavy atom. The first-order chi connectivity index (χ1) is 31.6. The first kappa shape index (κ1) is 45.0. The van der Waals surface area contributed by atoms with Crippen LogP contribution in [0.1, 0.15) is 92.7 Å². The first-order valence-electron chi connectivity index (χ1n) is 23.1. The molecule has 66 heavy (non-hydrogen) atoms. The number of pyridine rings is 1. The van der Waals surface area contributed by atoms with Crippen molar-refractivity contribution in [2.45, 2.75) is 96.4 Å². The third-order valence-corrected chi connectivity index (χ3v) is 14.5. The van der Waals surface area contributed by atoms with Gasteiger partial charge in [-0.3, -0.25) is 29.3 Å². The molecule has 1 unspecified atom stereocenters. The molecule has 18 heteroatoms. The lowest BCUT2D eigenvalue weighted by Crippen LogP contribution is -2.53. The minimum absolute atomic E-state index is 0.0465. The number of fused-ring (bicyclic) bond motifs is 2. The van der Waals surface area contributed by atoms with Crippen molar-refractivity contribution in [1.29, 1.82) is 0 Å². The standard InChI is InChI=1S/C48H58F2N10O6/c1-29(2)60-35-7-5-32(23-31(35)24-38(44(60)64)66-27-40(62)51-4)53-42-30(3)25-52-46(55-42)58-19-13-47(14-20-58)11-17-56(18-12-47)28-48(50)15-21-57(22-16-48)36-8-6-34(49)33-26-59(45(65)41(33)36)37-9-10-39(61)54-43(37)63/h5-8,23-25,29,37H,9-22,26-28H2,1-4H3,(H,51,62)(H,52,53,55)(H,54,61,63). The van der Waals surface area contributed by atoms with Gasteiger partial charge in [-0.25, -0.2) is 13.8 Å². The van der Waals surface area contributed by atoms with Gasteiger partial charge in [0.05, 0.1) is 23.3 Å². The minimum atomic E-state index is -1.39. The predicted octanol–water partition coefficient (Wildman–Crippen LogP) is 5.14. The van der Waals surface area contributed by atoms with Gasteiger partial charge in [-0.15, -0.1) is 0 Å². The van der Waals surface area contributed by atoms with Gasteiger partial charge in [0.1, 0.15) is 23.3 Å². The Kier molecular flexibility index (Phi) is 12.2. The Labute approximate surface area is 382 Å². The van der Waals surface area contributed by atoms with E-state index < -0.39 is 29.3 Å². The van der Waals surface area contributed by atoms with E-state index in [2.05, 4.69) is 25.8 Å². The number of aromatic nitrogens is 3. The molecule has 4 aromatic rings. The number of rotatable bonds is 11. The molecule has 16 nitrogen and oxygen atoms in total. The number of piperidine rings is 4. The second-order valence-electron chi connectivity index (χ2n) is 19.1. The highest BCUT2D eigenvalue weighted by atomic mass is 19.1. The van der Waals surface area contributed by atoms with E-state index in [4.69, 9.17) is 14.7 Å². The summed E-state index contributed by atoms with van der Waals surface area (Å²) in [5.41, 5.74) is 1.93. The number of anilines is 4. The molecular formula is C48H58F2N10O6. The number of carbonyl (C=O) groups is 4. The van der Waals surface area contributed by atoms with Gasteiger partial charge in [0, 0.05) is 93.5 Å². The highest BCUT2D eigenvalue weighted by molar-refractivity contribution is 6.08. The van der Waals surface area contributed by atoms with E-state index in [0.29, 0.717) is 37.1 Å². The van der Waals surface area contributed by atoms with E-state index in [-0.39, 0.29) is 84.5 Å². The number of alkyl halides is 1. The highest BCUT2D eigenvalue weighted by Gasteiger charge is 2.45. The third kappa shape index (κ3) is 8.78. The van der Waals surface area contributed by atoms with Crippen LogP contribution >= 0.6 is 0 Å². The van der Waals surface area contributed by atoms with E-state index in [1.807, 2.05) is 50.1 Å². The van der Waals surface area contributed by atoms with Crippen LogP contribution in [0.25, 0.3) is 10.9 Å². The van der Waals surface area contributed by atoms with Crippen molar-refractivity contribution in [3.63, 3.8) is 0 Å². The van der Waals surface area contributed by atoms with Crippen LogP contribution in [-0.4, -0.2) is 119 Å². The maximum Gasteiger partial charge on any atom is 0.293 e. The van der Waals surface area contributed by atoms with Crippen molar-refractivity contribution in [2.75, 3.05) is 74.6 Å². The zero-order valence-corrected chi connectivity index (χ0v) is 38.1. The zero-order valence-electron chi connectivity index (χ0n) is 38.1. The monoisotopic (exact) mass is 908 g/mol. The number of amides is 4. The fourth-order valence-electron chi connectivity index (χ4n) is 10.5. The van der Waals surface area contributed by atoms with Crippen molar-refractivity contribution in [3.8, 4) is 5.75 Å². The fraction of sp³-hybridized carbons (Fsp3) is 0.521. The predicted molar refractivity (Wildman–Crippen MR) is 245 cm³/mol. The number of ether oxygens (including phenoxy) is 1. The molecule has 5 aliphatic heterocycles. The van der Waals surface area contributed by atoms with Crippen molar-refractivity contribution in [2.24, 2.45) is 5.41 Å². The van der Waals surface area contributed by atoms with Crippen LogP contribution < -0.4 is 36.0 Å². The number of nitrogens with zero attached hydrogens (tertiary/aromatic N) is 7. The van der Waals surface area contributed by atoms with Crippen LogP contribution in [0.2, 0.25) is 0 Å². The van der Waals surface area contributed by atoms with E-state index in [9.17, 15) is 24.0 Å². The summed E-state index contributed by atoms with van der Waals surface area (Å²) in [5.74, 6) is -0.777. The summed E-state index contributed by atoms with van der Waals surface area (Å²) >= 11 is 0. The number of carbonyl (C=O) groups excluding carboxylic acids is 4. The number of benzene rings is 2. The van der Waals surface area contributed by atoms with E-state index in [1.54, 1.807) is 16.7 Å². The van der Waals surface area contributed by atoms with Gasteiger partial charge < -0.3 is 39.5 Å². The molecule has 0 saturated carbocycles. The molecule has 5 aliphatic rings. The smallest absolute Gasteiger partial charge is 0.293 e. The summed E-state index contributed by atoms with van der Waals surface area (Å²) in [6.07, 6.45) is 6.66. The highest BCUT2D eigenvalue weighted by Crippen LogP contribution is 2.44.